The van der Waals surface area contributed by atoms with E-state index in [0.29, 0.717) is 48.5 Å². The molecule has 2 fully saturated rings. The Hall–Kier alpha value is -4.52. The molecule has 13 heteroatoms. The molecule has 0 unspecified atom stereocenters. The van der Waals surface area contributed by atoms with Crippen LogP contribution in [0.25, 0.3) is 16.8 Å². The lowest BCUT2D eigenvalue weighted by Gasteiger charge is -2.33. The van der Waals surface area contributed by atoms with Crippen molar-refractivity contribution < 1.29 is 27.9 Å². The molecule has 1 saturated carbocycles. The van der Waals surface area contributed by atoms with Crippen molar-refractivity contribution >= 4 is 29.0 Å². The molecular formula is C28H26F3N7O3. The number of alkyl halides is 3. The number of likely N-dealkylation sites (tertiary alicyclic amines) is 1. The fraction of sp³-hybridized carbons (Fsp3) is 0.321. The lowest BCUT2D eigenvalue weighted by atomic mass is 9.96. The Labute approximate surface area is 232 Å². The van der Waals surface area contributed by atoms with Crippen LogP contribution in [0.4, 0.5) is 24.8 Å². The van der Waals surface area contributed by atoms with Crippen LogP contribution < -0.4 is 11.1 Å². The van der Waals surface area contributed by atoms with Crippen molar-refractivity contribution in [2.24, 2.45) is 0 Å². The quantitative estimate of drug-likeness (QED) is 0.334. The number of carbonyl (C=O) groups excluding carboxylic acids is 2. The first kappa shape index (κ1) is 26.7. The number of nitrogen functional groups attached to an aromatic ring is 1. The van der Waals surface area contributed by atoms with Gasteiger partial charge in [0.05, 0.1) is 5.56 Å². The van der Waals surface area contributed by atoms with E-state index in [1.165, 1.54) is 12.1 Å². The van der Waals surface area contributed by atoms with Gasteiger partial charge in [-0.15, -0.1) is 0 Å². The highest BCUT2D eigenvalue weighted by molar-refractivity contribution is 6.04. The summed E-state index contributed by atoms with van der Waals surface area (Å²) in [7, 11) is 0. The number of aliphatic hydroxyl groups is 1. The van der Waals surface area contributed by atoms with Crippen LogP contribution >= 0.6 is 0 Å². The van der Waals surface area contributed by atoms with E-state index < -0.39 is 23.2 Å². The van der Waals surface area contributed by atoms with Crippen LogP contribution in [0.3, 0.4) is 0 Å². The molecule has 0 bridgehead atoms. The second kappa shape index (κ2) is 9.84. The van der Waals surface area contributed by atoms with Crippen LogP contribution in [0, 0.1) is 0 Å². The van der Waals surface area contributed by atoms with Crippen LogP contribution in [0.15, 0.2) is 55.0 Å². The third-order valence-corrected chi connectivity index (χ3v) is 7.56. The number of amides is 2. The fourth-order valence-corrected chi connectivity index (χ4v) is 5.22. The Morgan fingerprint density at radius 3 is 2.56 bits per heavy atom. The summed E-state index contributed by atoms with van der Waals surface area (Å²) in [6.45, 7) is 1.00. The molecule has 1 aromatic carbocycles. The number of nitrogens with zero attached hydrogens (tertiary/aromatic N) is 5. The maximum absolute atomic E-state index is 13.0. The van der Waals surface area contributed by atoms with Gasteiger partial charge in [-0.3, -0.25) is 14.0 Å². The molecule has 1 aliphatic heterocycles. The van der Waals surface area contributed by atoms with Gasteiger partial charge in [-0.05, 0) is 49.9 Å². The average molecular weight is 566 g/mol. The predicted molar refractivity (Wildman–Crippen MR) is 143 cm³/mol. The smallest absolute Gasteiger partial charge is 0.382 e. The van der Waals surface area contributed by atoms with Crippen LogP contribution in [0.1, 0.15) is 53.3 Å². The van der Waals surface area contributed by atoms with Crippen molar-refractivity contribution in [2.75, 3.05) is 24.1 Å². The standard InChI is InChI=1S/C28H26F3N7O3/c29-28(30,31)19-7-10-33-20(14-19)35-25(39)17-5-3-16(4-6-17)21-22-23(32)34-11-13-38(22)24(36-21)18-2-1-12-37(15-18)26(40)27(41)8-9-27/h3-7,10-11,13-14,18,41H,1-2,8-9,12,15H2,(H2,32,34)(H,33,35,39)/t18-/m1/s1. The largest absolute Gasteiger partial charge is 0.416 e. The van der Waals surface area contributed by atoms with E-state index in [9.17, 15) is 27.9 Å². The van der Waals surface area contributed by atoms with E-state index in [4.69, 9.17) is 10.7 Å². The zero-order chi connectivity index (χ0) is 28.9. The molecule has 0 radical (unpaired) electrons. The number of pyridine rings is 1. The van der Waals surface area contributed by atoms with Gasteiger partial charge in [0.25, 0.3) is 11.8 Å². The van der Waals surface area contributed by atoms with Gasteiger partial charge in [0.1, 0.15) is 34.3 Å². The molecule has 3 aromatic heterocycles. The van der Waals surface area contributed by atoms with Crippen LogP contribution in [0.5, 0.6) is 0 Å². The van der Waals surface area contributed by atoms with E-state index in [1.807, 2.05) is 4.40 Å². The van der Waals surface area contributed by atoms with Gasteiger partial charge in [-0.25, -0.2) is 15.0 Å². The zero-order valence-electron chi connectivity index (χ0n) is 21.7. The highest BCUT2D eigenvalue weighted by Crippen LogP contribution is 2.39. The van der Waals surface area contributed by atoms with Crippen molar-refractivity contribution in [1.82, 2.24) is 24.3 Å². The first-order valence-electron chi connectivity index (χ1n) is 13.1. The van der Waals surface area contributed by atoms with Crippen LogP contribution in [0.2, 0.25) is 0 Å². The predicted octanol–water partition coefficient (Wildman–Crippen LogP) is 3.88. The summed E-state index contributed by atoms with van der Waals surface area (Å²) in [5, 5.41) is 12.7. The molecule has 0 spiro atoms. The number of halogens is 3. The van der Waals surface area contributed by atoms with Crippen molar-refractivity contribution in [2.45, 2.75) is 43.4 Å². The molecule has 10 nitrogen and oxygen atoms in total. The summed E-state index contributed by atoms with van der Waals surface area (Å²) in [5.74, 6) is -0.200. The normalized spacial score (nSPS) is 18.3. The number of benzene rings is 1. The number of nitrogens with one attached hydrogen (secondary N) is 1. The Balaban J connectivity index is 1.27. The fourth-order valence-electron chi connectivity index (χ4n) is 5.22. The highest BCUT2D eigenvalue weighted by Gasteiger charge is 2.50. The number of hydrogen-bond donors (Lipinski definition) is 3. The van der Waals surface area contributed by atoms with E-state index >= 15 is 0 Å². The Kier molecular flexibility index (Phi) is 6.40. The third-order valence-electron chi connectivity index (χ3n) is 7.56. The van der Waals surface area contributed by atoms with E-state index in [2.05, 4.69) is 15.3 Å². The molecule has 4 aromatic rings. The number of nitrogens with two attached hydrogens (primary N) is 1. The number of anilines is 2. The van der Waals surface area contributed by atoms with Crippen LogP contribution in [-0.2, 0) is 11.0 Å². The van der Waals surface area contributed by atoms with Crippen molar-refractivity contribution in [3.05, 3.63) is 71.9 Å². The molecule has 1 saturated heterocycles. The third kappa shape index (κ3) is 5.08. The Bertz CT molecular complexity index is 1650. The second-order valence-electron chi connectivity index (χ2n) is 10.4. The van der Waals surface area contributed by atoms with Crippen molar-refractivity contribution in [3.8, 4) is 11.3 Å². The number of fused-ring (bicyclic) bond motifs is 1. The molecule has 4 heterocycles. The monoisotopic (exact) mass is 565 g/mol. The lowest BCUT2D eigenvalue weighted by Crippen LogP contribution is -2.45. The first-order valence-corrected chi connectivity index (χ1v) is 13.1. The van der Waals surface area contributed by atoms with E-state index in [0.717, 1.165) is 31.2 Å². The van der Waals surface area contributed by atoms with Gasteiger partial charge < -0.3 is 21.1 Å². The molecule has 4 N–H and O–H groups in total. The summed E-state index contributed by atoms with van der Waals surface area (Å²) in [4.78, 5) is 40.2. The van der Waals surface area contributed by atoms with Gasteiger partial charge in [-0.2, -0.15) is 13.2 Å². The molecular weight excluding hydrogens is 539 g/mol. The highest BCUT2D eigenvalue weighted by atomic mass is 19.4. The van der Waals surface area contributed by atoms with Gasteiger partial charge in [0.2, 0.25) is 0 Å². The van der Waals surface area contributed by atoms with E-state index in [-0.39, 0.29) is 29.0 Å². The minimum Gasteiger partial charge on any atom is -0.382 e. The number of carbonyl (C=O) groups is 2. The summed E-state index contributed by atoms with van der Waals surface area (Å²) < 4.78 is 40.9. The van der Waals surface area contributed by atoms with Gasteiger partial charge >= 0.3 is 6.18 Å². The summed E-state index contributed by atoms with van der Waals surface area (Å²) in [5.41, 5.74) is 6.10. The van der Waals surface area contributed by atoms with Gasteiger partial charge in [0.15, 0.2) is 0 Å². The lowest BCUT2D eigenvalue weighted by molar-refractivity contribution is -0.143. The number of aromatic nitrogens is 4. The minimum absolute atomic E-state index is 0.0943. The molecule has 41 heavy (non-hydrogen) atoms. The maximum Gasteiger partial charge on any atom is 0.416 e. The average Bonchev–Trinajstić information content (AvgIpc) is 3.59. The van der Waals surface area contributed by atoms with Gasteiger partial charge in [-0.1, -0.05) is 12.1 Å². The van der Waals surface area contributed by atoms with Crippen LogP contribution in [-0.4, -0.2) is 59.9 Å². The number of imidazole rings is 1. The number of rotatable bonds is 5. The number of piperidine rings is 1. The SMILES string of the molecule is Nc1nccn2c([C@@H]3CCCN(C(=O)C4(O)CC4)C3)nc(-c3ccc(C(=O)Nc4cc(C(F)(F)F)ccn4)cc3)c12. The molecule has 2 aliphatic rings. The van der Waals surface area contributed by atoms with Crippen molar-refractivity contribution in [1.29, 1.82) is 0 Å². The van der Waals surface area contributed by atoms with Gasteiger partial charge in [0, 0.05) is 48.7 Å². The Morgan fingerprint density at radius 1 is 1.10 bits per heavy atom. The maximum atomic E-state index is 13.0. The zero-order valence-corrected chi connectivity index (χ0v) is 21.7. The first-order chi connectivity index (χ1) is 19.5. The topological polar surface area (TPSA) is 139 Å². The molecule has 1 aliphatic carbocycles. The minimum atomic E-state index is -4.56. The molecule has 6 rings (SSSR count). The summed E-state index contributed by atoms with van der Waals surface area (Å²) in [6.07, 6.45) is 2.29. The van der Waals surface area contributed by atoms with Crippen molar-refractivity contribution in [3.63, 3.8) is 0 Å². The summed E-state index contributed by atoms with van der Waals surface area (Å²) >= 11 is 0. The molecule has 212 valence electrons. The Morgan fingerprint density at radius 2 is 1.85 bits per heavy atom. The molecule has 2 amide bonds. The number of hydrogen-bond acceptors (Lipinski definition) is 7. The second-order valence-corrected chi connectivity index (χ2v) is 10.4. The molecule has 1 atom stereocenters. The van der Waals surface area contributed by atoms with E-state index in [1.54, 1.807) is 29.4 Å². The summed E-state index contributed by atoms with van der Waals surface area (Å²) in [6, 6.07) is 8.01.